The molecule has 0 radical (unpaired) electrons. The summed E-state index contributed by atoms with van der Waals surface area (Å²) < 4.78 is 0. The molecule has 0 spiro atoms. The maximum absolute atomic E-state index is 6.08. The lowest BCUT2D eigenvalue weighted by Gasteiger charge is -2.17. The summed E-state index contributed by atoms with van der Waals surface area (Å²) >= 11 is 11.9. The fourth-order valence-electron chi connectivity index (χ4n) is 1.23. The highest BCUT2D eigenvalue weighted by Gasteiger charge is 2.12. The van der Waals surface area contributed by atoms with Crippen LogP contribution in [-0.4, -0.2) is 0 Å². The largest absolute Gasteiger partial charge is 0.0843 e. The van der Waals surface area contributed by atoms with E-state index in [1.54, 1.807) is 6.07 Å². The van der Waals surface area contributed by atoms with Crippen LogP contribution in [0.1, 0.15) is 32.3 Å². The van der Waals surface area contributed by atoms with E-state index in [4.69, 9.17) is 23.2 Å². The van der Waals surface area contributed by atoms with Crippen LogP contribution in [0.25, 0.3) is 0 Å². The minimum atomic E-state index is 0.477. The van der Waals surface area contributed by atoms with Crippen LogP contribution in [0.2, 0.25) is 10.0 Å². The monoisotopic (exact) mass is 216 g/mol. The van der Waals surface area contributed by atoms with Gasteiger partial charge in [-0.15, -0.1) is 0 Å². The second-order valence-corrected chi connectivity index (χ2v) is 4.54. The normalized spacial score (nSPS) is 13.4. The highest BCUT2D eigenvalue weighted by Crippen LogP contribution is 2.31. The van der Waals surface area contributed by atoms with Gasteiger partial charge in [0.05, 0.1) is 0 Å². The van der Waals surface area contributed by atoms with Gasteiger partial charge in [0.25, 0.3) is 0 Å². The average Bonchev–Trinajstić information content (AvgIpc) is 2.03. The lowest BCUT2D eigenvalue weighted by Crippen LogP contribution is -2.02. The van der Waals surface area contributed by atoms with Gasteiger partial charge in [0.15, 0.2) is 0 Å². The van der Waals surface area contributed by atoms with Crippen molar-refractivity contribution in [1.29, 1.82) is 0 Å². The molecule has 1 atom stereocenters. The molecule has 0 aliphatic rings. The van der Waals surface area contributed by atoms with Gasteiger partial charge >= 0.3 is 0 Å². The average molecular weight is 217 g/mol. The zero-order valence-electron chi connectivity index (χ0n) is 8.14. The zero-order valence-corrected chi connectivity index (χ0v) is 9.65. The Morgan fingerprint density at radius 1 is 1.08 bits per heavy atom. The summed E-state index contributed by atoms with van der Waals surface area (Å²) in [5, 5.41) is 1.47. The van der Waals surface area contributed by atoms with Crippen LogP contribution in [0, 0.1) is 5.92 Å². The van der Waals surface area contributed by atoms with E-state index in [-0.39, 0.29) is 0 Å². The van der Waals surface area contributed by atoms with Crippen LogP contribution < -0.4 is 0 Å². The first-order chi connectivity index (χ1) is 6.02. The Balaban J connectivity index is 3.01. The summed E-state index contributed by atoms with van der Waals surface area (Å²) in [4.78, 5) is 0. The Hall–Kier alpha value is -0.200. The molecule has 0 amide bonds. The third-order valence-corrected chi connectivity index (χ3v) is 3.02. The molecule has 13 heavy (non-hydrogen) atoms. The van der Waals surface area contributed by atoms with Crippen LogP contribution in [0.3, 0.4) is 0 Å². The van der Waals surface area contributed by atoms with Gasteiger partial charge in [0.1, 0.15) is 0 Å². The molecule has 0 unspecified atom stereocenters. The third kappa shape index (κ3) is 2.62. The predicted octanol–water partition coefficient (Wildman–Crippen LogP) is 4.75. The zero-order chi connectivity index (χ0) is 10.0. The van der Waals surface area contributed by atoms with Crippen LogP contribution in [-0.2, 0) is 0 Å². The van der Waals surface area contributed by atoms with Gasteiger partial charge in [0, 0.05) is 10.0 Å². The van der Waals surface area contributed by atoms with Gasteiger partial charge in [0.2, 0.25) is 0 Å². The van der Waals surface area contributed by atoms with Gasteiger partial charge < -0.3 is 0 Å². The summed E-state index contributed by atoms with van der Waals surface area (Å²) in [7, 11) is 0. The molecular formula is C11H14Cl2. The molecule has 0 fully saturated rings. The highest BCUT2D eigenvalue weighted by atomic mass is 35.5. The van der Waals surface area contributed by atoms with Crippen molar-refractivity contribution in [2.45, 2.75) is 26.7 Å². The molecule has 0 bridgehead atoms. The molecule has 1 rings (SSSR count). The lowest BCUT2D eigenvalue weighted by atomic mass is 9.90. The Morgan fingerprint density at radius 3 is 2.15 bits per heavy atom. The maximum atomic E-state index is 6.08. The minimum absolute atomic E-state index is 0.477. The van der Waals surface area contributed by atoms with E-state index in [9.17, 15) is 0 Å². The number of halogens is 2. The van der Waals surface area contributed by atoms with Gasteiger partial charge in [-0.25, -0.2) is 0 Å². The second kappa shape index (κ2) is 4.34. The van der Waals surface area contributed by atoms with Crippen molar-refractivity contribution in [3.63, 3.8) is 0 Å². The highest BCUT2D eigenvalue weighted by molar-refractivity contribution is 6.35. The van der Waals surface area contributed by atoms with Crippen LogP contribution >= 0.6 is 23.2 Å². The quantitative estimate of drug-likeness (QED) is 0.670. The van der Waals surface area contributed by atoms with Crippen molar-refractivity contribution in [1.82, 2.24) is 0 Å². The summed E-state index contributed by atoms with van der Waals surface area (Å²) in [5.74, 6) is 1.07. The number of hydrogen-bond acceptors (Lipinski definition) is 0. The van der Waals surface area contributed by atoms with Gasteiger partial charge in [-0.05, 0) is 29.5 Å². The molecular weight excluding hydrogens is 203 g/mol. The van der Waals surface area contributed by atoms with E-state index in [1.807, 2.05) is 12.1 Å². The Labute approximate surface area is 89.9 Å². The van der Waals surface area contributed by atoms with Crippen molar-refractivity contribution in [2.75, 3.05) is 0 Å². The third-order valence-electron chi connectivity index (χ3n) is 2.45. The SMILES string of the molecule is CC(C)[C@H](C)c1ccc(Cl)cc1Cl. The number of hydrogen-bond donors (Lipinski definition) is 0. The number of rotatable bonds is 2. The van der Waals surface area contributed by atoms with E-state index < -0.39 is 0 Å². The van der Waals surface area contributed by atoms with Crippen molar-refractivity contribution in [2.24, 2.45) is 5.92 Å². The standard InChI is InChI=1S/C11H14Cl2/c1-7(2)8(3)10-5-4-9(12)6-11(10)13/h4-8H,1-3H3/t8-/m0/s1. The molecule has 72 valence electrons. The first-order valence-electron chi connectivity index (χ1n) is 4.47. The summed E-state index contributed by atoms with van der Waals surface area (Å²) in [5.41, 5.74) is 1.18. The van der Waals surface area contributed by atoms with Crippen LogP contribution in [0.4, 0.5) is 0 Å². The maximum Gasteiger partial charge on any atom is 0.0455 e. The van der Waals surface area contributed by atoms with Crippen molar-refractivity contribution in [3.8, 4) is 0 Å². The fraction of sp³-hybridized carbons (Fsp3) is 0.455. The van der Waals surface area contributed by atoms with Gasteiger partial charge in [-0.3, -0.25) is 0 Å². The summed E-state index contributed by atoms with van der Waals surface area (Å²) in [6, 6.07) is 5.70. The Bertz CT molecular complexity index is 292. The Morgan fingerprint density at radius 2 is 1.69 bits per heavy atom. The molecule has 0 nitrogen and oxygen atoms in total. The molecule has 0 aromatic heterocycles. The van der Waals surface area contributed by atoms with E-state index >= 15 is 0 Å². The van der Waals surface area contributed by atoms with E-state index in [0.29, 0.717) is 16.9 Å². The lowest BCUT2D eigenvalue weighted by molar-refractivity contribution is 0.535. The van der Waals surface area contributed by atoms with Gasteiger partial charge in [-0.2, -0.15) is 0 Å². The molecule has 0 saturated carbocycles. The minimum Gasteiger partial charge on any atom is -0.0843 e. The molecule has 1 aromatic rings. The predicted molar refractivity (Wildman–Crippen MR) is 59.7 cm³/mol. The van der Waals surface area contributed by atoms with E-state index in [2.05, 4.69) is 20.8 Å². The van der Waals surface area contributed by atoms with E-state index in [1.165, 1.54) is 5.56 Å². The molecule has 2 heteroatoms. The fourth-order valence-corrected chi connectivity index (χ4v) is 1.81. The second-order valence-electron chi connectivity index (χ2n) is 3.70. The van der Waals surface area contributed by atoms with Crippen molar-refractivity contribution in [3.05, 3.63) is 33.8 Å². The summed E-state index contributed by atoms with van der Waals surface area (Å²) in [6.07, 6.45) is 0. The summed E-state index contributed by atoms with van der Waals surface area (Å²) in [6.45, 7) is 6.56. The van der Waals surface area contributed by atoms with Crippen LogP contribution in [0.15, 0.2) is 18.2 Å². The van der Waals surface area contributed by atoms with Gasteiger partial charge in [-0.1, -0.05) is 50.0 Å². The molecule has 1 aromatic carbocycles. The first kappa shape index (κ1) is 10.9. The topological polar surface area (TPSA) is 0 Å². The smallest absolute Gasteiger partial charge is 0.0455 e. The molecule has 0 N–H and O–H groups in total. The van der Waals surface area contributed by atoms with E-state index in [0.717, 1.165) is 5.02 Å². The van der Waals surface area contributed by atoms with Crippen molar-refractivity contribution >= 4 is 23.2 Å². The molecule has 0 heterocycles. The molecule has 0 saturated heterocycles. The molecule has 0 aliphatic carbocycles. The van der Waals surface area contributed by atoms with Crippen LogP contribution in [0.5, 0.6) is 0 Å². The number of benzene rings is 1. The molecule has 0 aliphatic heterocycles. The van der Waals surface area contributed by atoms with Crippen molar-refractivity contribution < 1.29 is 0 Å². The first-order valence-corrected chi connectivity index (χ1v) is 5.23. The Kier molecular flexibility index (Phi) is 3.63.